The summed E-state index contributed by atoms with van der Waals surface area (Å²) in [7, 11) is 4.52. The summed E-state index contributed by atoms with van der Waals surface area (Å²) >= 11 is 0. The fourth-order valence-electron chi connectivity index (χ4n) is 1.57. The molecular weight excluding hydrogens is 284 g/mol. The van der Waals surface area contributed by atoms with Crippen molar-refractivity contribution in [3.05, 3.63) is 17.7 Å². The molecule has 7 heteroatoms. The Kier molecular flexibility index (Phi) is 7.79. The first-order chi connectivity index (χ1) is 9.07. The van der Waals surface area contributed by atoms with Crippen molar-refractivity contribution in [3.8, 4) is 17.2 Å². The van der Waals surface area contributed by atoms with Crippen LogP contribution in [0.15, 0.2) is 12.1 Å². The van der Waals surface area contributed by atoms with Crippen LogP contribution in [0.2, 0.25) is 0 Å². The van der Waals surface area contributed by atoms with Crippen LogP contribution in [0.1, 0.15) is 17.3 Å². The van der Waals surface area contributed by atoms with E-state index in [0.29, 0.717) is 29.4 Å². The summed E-state index contributed by atoms with van der Waals surface area (Å²) in [5, 5.41) is 2.77. The fraction of sp³-hybridized carbons (Fsp3) is 0.462. The molecule has 0 saturated heterocycles. The topological polar surface area (TPSA) is 82.8 Å². The van der Waals surface area contributed by atoms with Gasteiger partial charge in [0.05, 0.1) is 26.9 Å². The minimum absolute atomic E-state index is 0. The number of amides is 1. The third kappa shape index (κ3) is 4.18. The number of nitrogens with one attached hydrogen (secondary N) is 1. The normalized spacial score (nSPS) is 11.1. The summed E-state index contributed by atoms with van der Waals surface area (Å²) in [6.45, 7) is 2.19. The molecule has 1 aromatic carbocycles. The van der Waals surface area contributed by atoms with Gasteiger partial charge in [-0.2, -0.15) is 0 Å². The van der Waals surface area contributed by atoms with Crippen LogP contribution in [-0.2, 0) is 0 Å². The van der Waals surface area contributed by atoms with Gasteiger partial charge in [0.1, 0.15) is 5.75 Å². The molecule has 1 rings (SSSR count). The van der Waals surface area contributed by atoms with Gasteiger partial charge < -0.3 is 25.3 Å². The predicted molar refractivity (Wildman–Crippen MR) is 79.3 cm³/mol. The number of rotatable bonds is 6. The Hall–Kier alpha value is -1.66. The maximum Gasteiger partial charge on any atom is 0.255 e. The largest absolute Gasteiger partial charge is 0.496 e. The number of hydrogen-bond donors (Lipinski definition) is 2. The molecular formula is C13H21ClN2O4. The SMILES string of the molecule is COc1cc(OC)c(C(=O)N[C@@H](C)CN)cc1OC.Cl. The van der Waals surface area contributed by atoms with Gasteiger partial charge in [0.15, 0.2) is 11.5 Å². The van der Waals surface area contributed by atoms with Crippen LogP contribution >= 0.6 is 12.4 Å². The van der Waals surface area contributed by atoms with Gasteiger partial charge in [0, 0.05) is 24.7 Å². The van der Waals surface area contributed by atoms with Crippen LogP contribution in [0.5, 0.6) is 17.2 Å². The Morgan fingerprint density at radius 2 is 1.65 bits per heavy atom. The average Bonchev–Trinajstić information content (AvgIpc) is 2.45. The van der Waals surface area contributed by atoms with Crippen molar-refractivity contribution in [1.29, 1.82) is 0 Å². The van der Waals surface area contributed by atoms with Crippen LogP contribution in [0.25, 0.3) is 0 Å². The smallest absolute Gasteiger partial charge is 0.255 e. The Bertz CT molecular complexity index is 454. The summed E-state index contributed by atoms with van der Waals surface area (Å²) in [6.07, 6.45) is 0. The minimum Gasteiger partial charge on any atom is -0.496 e. The van der Waals surface area contributed by atoms with Gasteiger partial charge in [-0.15, -0.1) is 12.4 Å². The molecule has 114 valence electrons. The van der Waals surface area contributed by atoms with E-state index in [2.05, 4.69) is 5.32 Å². The Morgan fingerprint density at radius 1 is 1.15 bits per heavy atom. The lowest BCUT2D eigenvalue weighted by Crippen LogP contribution is -2.37. The van der Waals surface area contributed by atoms with Crippen molar-refractivity contribution in [3.63, 3.8) is 0 Å². The number of hydrogen-bond acceptors (Lipinski definition) is 5. The number of nitrogens with two attached hydrogens (primary N) is 1. The molecule has 20 heavy (non-hydrogen) atoms. The van der Waals surface area contributed by atoms with E-state index in [0.717, 1.165) is 0 Å². The van der Waals surface area contributed by atoms with Gasteiger partial charge >= 0.3 is 0 Å². The maximum absolute atomic E-state index is 12.1. The molecule has 0 aromatic heterocycles. The van der Waals surface area contributed by atoms with E-state index in [-0.39, 0.29) is 24.4 Å². The van der Waals surface area contributed by atoms with Gasteiger partial charge in [-0.3, -0.25) is 4.79 Å². The summed E-state index contributed by atoms with van der Waals surface area (Å²) < 4.78 is 15.5. The van der Waals surface area contributed by atoms with Gasteiger partial charge in [-0.05, 0) is 6.92 Å². The van der Waals surface area contributed by atoms with E-state index in [1.807, 2.05) is 6.92 Å². The molecule has 0 radical (unpaired) electrons. The van der Waals surface area contributed by atoms with E-state index in [4.69, 9.17) is 19.9 Å². The lowest BCUT2D eigenvalue weighted by molar-refractivity contribution is 0.0937. The molecule has 0 spiro atoms. The average molecular weight is 305 g/mol. The zero-order chi connectivity index (χ0) is 14.4. The van der Waals surface area contributed by atoms with Gasteiger partial charge in [0.25, 0.3) is 5.91 Å². The molecule has 0 unspecified atom stereocenters. The lowest BCUT2D eigenvalue weighted by Gasteiger charge is -2.16. The summed E-state index contributed by atoms with van der Waals surface area (Å²) in [6, 6.07) is 3.07. The van der Waals surface area contributed by atoms with E-state index < -0.39 is 0 Å². The van der Waals surface area contributed by atoms with E-state index in [1.54, 1.807) is 12.1 Å². The van der Waals surface area contributed by atoms with Gasteiger partial charge in [-0.25, -0.2) is 0 Å². The number of carbonyl (C=O) groups excluding carboxylic acids is 1. The number of halogens is 1. The van der Waals surface area contributed by atoms with Crippen molar-refractivity contribution in [2.75, 3.05) is 27.9 Å². The van der Waals surface area contributed by atoms with Crippen molar-refractivity contribution < 1.29 is 19.0 Å². The van der Waals surface area contributed by atoms with Crippen molar-refractivity contribution >= 4 is 18.3 Å². The molecule has 0 aliphatic heterocycles. The minimum atomic E-state index is -0.268. The summed E-state index contributed by atoms with van der Waals surface area (Å²) in [5.74, 6) is 1.12. The zero-order valence-electron chi connectivity index (χ0n) is 12.1. The molecule has 1 aromatic rings. The molecule has 0 saturated carbocycles. The first-order valence-corrected chi connectivity index (χ1v) is 5.88. The van der Waals surface area contributed by atoms with E-state index in [1.165, 1.54) is 21.3 Å². The molecule has 0 aliphatic rings. The highest BCUT2D eigenvalue weighted by Crippen LogP contribution is 2.34. The zero-order valence-corrected chi connectivity index (χ0v) is 12.9. The van der Waals surface area contributed by atoms with Crippen LogP contribution in [0.3, 0.4) is 0 Å². The highest BCUT2D eigenvalue weighted by molar-refractivity contribution is 5.98. The standard InChI is InChI=1S/C13H20N2O4.ClH/c1-8(7-14)15-13(16)9-5-11(18-3)12(19-4)6-10(9)17-2;/h5-6,8H,7,14H2,1-4H3,(H,15,16);1H/t8-;/m0./s1. The second-order valence-corrected chi connectivity index (χ2v) is 4.02. The van der Waals surface area contributed by atoms with Crippen LogP contribution in [-0.4, -0.2) is 39.8 Å². The highest BCUT2D eigenvalue weighted by atomic mass is 35.5. The molecule has 1 amide bonds. The Labute approximate surface area is 125 Å². The van der Waals surface area contributed by atoms with E-state index in [9.17, 15) is 4.79 Å². The molecule has 3 N–H and O–H groups in total. The highest BCUT2D eigenvalue weighted by Gasteiger charge is 2.18. The number of carbonyl (C=O) groups is 1. The lowest BCUT2D eigenvalue weighted by atomic mass is 10.1. The van der Waals surface area contributed by atoms with Crippen molar-refractivity contribution in [1.82, 2.24) is 5.32 Å². The van der Waals surface area contributed by atoms with Crippen LogP contribution in [0.4, 0.5) is 0 Å². The monoisotopic (exact) mass is 304 g/mol. The number of methoxy groups -OCH3 is 3. The first kappa shape index (κ1) is 18.3. The maximum atomic E-state index is 12.1. The van der Waals surface area contributed by atoms with Crippen LogP contribution < -0.4 is 25.3 Å². The van der Waals surface area contributed by atoms with Crippen LogP contribution in [0, 0.1) is 0 Å². The third-order valence-electron chi connectivity index (χ3n) is 2.68. The molecule has 0 fully saturated rings. The Morgan fingerprint density at radius 3 is 2.10 bits per heavy atom. The van der Waals surface area contributed by atoms with Crippen molar-refractivity contribution in [2.45, 2.75) is 13.0 Å². The third-order valence-corrected chi connectivity index (χ3v) is 2.68. The number of benzene rings is 1. The van der Waals surface area contributed by atoms with E-state index >= 15 is 0 Å². The quantitative estimate of drug-likeness (QED) is 0.825. The molecule has 0 bridgehead atoms. The van der Waals surface area contributed by atoms with Gasteiger partial charge in [0.2, 0.25) is 0 Å². The predicted octanol–water partition coefficient (Wildman–Crippen LogP) is 1.21. The number of ether oxygens (including phenoxy) is 3. The molecule has 0 aliphatic carbocycles. The summed E-state index contributed by atoms with van der Waals surface area (Å²) in [5.41, 5.74) is 5.86. The molecule has 0 heterocycles. The second kappa shape index (κ2) is 8.50. The second-order valence-electron chi connectivity index (χ2n) is 4.02. The Balaban J connectivity index is 0.00000361. The van der Waals surface area contributed by atoms with Gasteiger partial charge in [-0.1, -0.05) is 0 Å². The van der Waals surface area contributed by atoms with Crippen molar-refractivity contribution in [2.24, 2.45) is 5.73 Å². The first-order valence-electron chi connectivity index (χ1n) is 5.88. The molecule has 1 atom stereocenters. The summed E-state index contributed by atoms with van der Waals surface area (Å²) in [4.78, 5) is 12.1. The fourth-order valence-corrected chi connectivity index (χ4v) is 1.57. The molecule has 6 nitrogen and oxygen atoms in total.